The topological polar surface area (TPSA) is 93.5 Å². The molecule has 0 radical (unpaired) electrons. The summed E-state index contributed by atoms with van der Waals surface area (Å²) in [7, 11) is 4.51. The van der Waals surface area contributed by atoms with Crippen molar-refractivity contribution in [3.05, 3.63) is 82.4 Å². The summed E-state index contributed by atoms with van der Waals surface area (Å²) in [5, 5.41) is 15.1. The van der Waals surface area contributed by atoms with E-state index in [-0.39, 0.29) is 5.57 Å². The number of benzene rings is 3. The molecule has 1 N–H and O–H groups in total. The summed E-state index contributed by atoms with van der Waals surface area (Å²) < 4.78 is 16.0. The lowest BCUT2D eigenvalue weighted by molar-refractivity contribution is -0.112. The Hall–Kier alpha value is -4.35. The number of nitrogens with one attached hydrogen (secondary N) is 1. The predicted octanol–water partition coefficient (Wildman–Crippen LogP) is 5.46. The molecule has 0 bridgehead atoms. The molecule has 0 saturated carbocycles. The molecule has 4 rings (SSSR count). The highest BCUT2D eigenvalue weighted by molar-refractivity contribution is 7.15. The van der Waals surface area contributed by atoms with Gasteiger partial charge in [-0.3, -0.25) is 10.1 Å². The third-order valence-electron chi connectivity index (χ3n) is 5.38. The number of carbonyl (C=O) groups is 1. The molecule has 0 saturated heterocycles. The number of hydrogen-bond acceptors (Lipinski definition) is 7. The summed E-state index contributed by atoms with van der Waals surface area (Å²) in [6.07, 6.45) is 3.91. The van der Waals surface area contributed by atoms with Gasteiger partial charge in [0.05, 0.1) is 21.3 Å². The maximum absolute atomic E-state index is 12.8. The molecular weight excluding hydrogens is 462 g/mol. The first-order chi connectivity index (χ1) is 17.1. The van der Waals surface area contributed by atoms with Crippen molar-refractivity contribution in [2.45, 2.75) is 6.42 Å². The van der Waals surface area contributed by atoms with Crippen LogP contribution in [0.1, 0.15) is 16.0 Å². The first-order valence-electron chi connectivity index (χ1n) is 10.7. The van der Waals surface area contributed by atoms with Crippen molar-refractivity contribution in [3.8, 4) is 23.3 Å². The number of ether oxygens (including phenoxy) is 3. The summed E-state index contributed by atoms with van der Waals surface area (Å²) in [5.41, 5.74) is 1.66. The average Bonchev–Trinajstić information content (AvgIpc) is 3.33. The number of hydrogen-bond donors (Lipinski definition) is 1. The van der Waals surface area contributed by atoms with Gasteiger partial charge in [0.1, 0.15) is 11.6 Å². The molecule has 0 fully saturated rings. The summed E-state index contributed by atoms with van der Waals surface area (Å²) in [5.74, 6) is 0.728. The van der Waals surface area contributed by atoms with E-state index in [2.05, 4.69) is 34.6 Å². The summed E-state index contributed by atoms with van der Waals surface area (Å²) in [4.78, 5) is 18.1. The molecule has 0 aliphatic heterocycles. The van der Waals surface area contributed by atoms with Gasteiger partial charge in [0.25, 0.3) is 5.91 Å². The SMILES string of the molecule is COc1cc(C=C(C#N)C(=O)Nc2ncc(Cc3cccc4ccccc34)s2)cc(OC)c1OC. The van der Waals surface area contributed by atoms with Crippen LogP contribution in [0, 0.1) is 11.3 Å². The summed E-state index contributed by atoms with van der Waals surface area (Å²) in [6, 6.07) is 19.7. The maximum Gasteiger partial charge on any atom is 0.268 e. The van der Waals surface area contributed by atoms with Crippen LogP contribution in [-0.2, 0) is 11.2 Å². The van der Waals surface area contributed by atoms with Gasteiger partial charge < -0.3 is 14.2 Å². The lowest BCUT2D eigenvalue weighted by atomic mass is 10.0. The third kappa shape index (κ3) is 5.26. The average molecular weight is 486 g/mol. The van der Waals surface area contributed by atoms with Crippen LogP contribution in [0.2, 0.25) is 0 Å². The number of fused-ring (bicyclic) bond motifs is 1. The normalized spacial score (nSPS) is 11.1. The molecule has 4 aromatic rings. The highest BCUT2D eigenvalue weighted by Gasteiger charge is 2.16. The van der Waals surface area contributed by atoms with Crippen molar-refractivity contribution in [2.24, 2.45) is 0 Å². The predicted molar refractivity (Wildman–Crippen MR) is 137 cm³/mol. The number of thiazole rings is 1. The van der Waals surface area contributed by atoms with E-state index in [1.165, 1.54) is 55.1 Å². The van der Waals surface area contributed by atoms with Crippen LogP contribution in [0.3, 0.4) is 0 Å². The van der Waals surface area contributed by atoms with Crippen molar-refractivity contribution < 1.29 is 19.0 Å². The van der Waals surface area contributed by atoms with E-state index < -0.39 is 5.91 Å². The number of aromatic nitrogens is 1. The quantitative estimate of drug-likeness (QED) is 0.263. The van der Waals surface area contributed by atoms with Crippen molar-refractivity contribution in [2.75, 3.05) is 26.6 Å². The molecule has 0 unspecified atom stereocenters. The van der Waals surface area contributed by atoms with Crippen LogP contribution < -0.4 is 19.5 Å². The van der Waals surface area contributed by atoms with Crippen molar-refractivity contribution >= 4 is 39.2 Å². The van der Waals surface area contributed by atoms with Crippen molar-refractivity contribution in [3.63, 3.8) is 0 Å². The van der Waals surface area contributed by atoms with E-state index in [1.54, 1.807) is 18.3 Å². The van der Waals surface area contributed by atoms with Crippen molar-refractivity contribution in [1.82, 2.24) is 4.98 Å². The smallest absolute Gasteiger partial charge is 0.268 e. The highest BCUT2D eigenvalue weighted by atomic mass is 32.1. The number of carbonyl (C=O) groups excluding carboxylic acids is 1. The first kappa shape index (κ1) is 23.8. The van der Waals surface area contributed by atoms with Gasteiger partial charge in [-0.15, -0.1) is 11.3 Å². The Morgan fingerprint density at radius 3 is 2.46 bits per heavy atom. The van der Waals surface area contributed by atoms with Gasteiger partial charge in [-0.1, -0.05) is 42.5 Å². The van der Waals surface area contributed by atoms with Gasteiger partial charge in [-0.05, 0) is 40.1 Å². The second kappa shape index (κ2) is 10.7. The van der Waals surface area contributed by atoms with Gasteiger partial charge in [-0.2, -0.15) is 5.26 Å². The number of amides is 1. The first-order valence-corrected chi connectivity index (χ1v) is 11.5. The van der Waals surface area contributed by atoms with Crippen LogP contribution in [0.4, 0.5) is 5.13 Å². The highest BCUT2D eigenvalue weighted by Crippen LogP contribution is 2.38. The molecule has 1 heterocycles. The minimum atomic E-state index is -0.549. The number of methoxy groups -OCH3 is 3. The fourth-order valence-corrected chi connectivity index (χ4v) is 4.58. The Morgan fingerprint density at radius 1 is 1.06 bits per heavy atom. The zero-order valence-electron chi connectivity index (χ0n) is 19.5. The van der Waals surface area contributed by atoms with Crippen molar-refractivity contribution in [1.29, 1.82) is 5.26 Å². The third-order valence-corrected chi connectivity index (χ3v) is 6.29. The molecule has 0 atom stereocenters. The molecular formula is C27H23N3O4S. The summed E-state index contributed by atoms with van der Waals surface area (Å²) in [6.45, 7) is 0. The standard InChI is InChI=1S/C27H23N3O4S/c1-32-23-12-17(13-24(33-2)25(23)34-3)11-20(15-28)26(31)30-27-29-16-21(35-27)14-19-9-6-8-18-7-4-5-10-22(18)19/h4-13,16H,14H2,1-3H3,(H,29,30,31). The van der Waals surface area contributed by atoms with E-state index in [1.807, 2.05) is 24.3 Å². The monoisotopic (exact) mass is 485 g/mol. The molecule has 35 heavy (non-hydrogen) atoms. The second-order valence-corrected chi connectivity index (χ2v) is 8.64. The zero-order valence-corrected chi connectivity index (χ0v) is 20.3. The Bertz CT molecular complexity index is 1420. The number of rotatable bonds is 8. The van der Waals surface area contributed by atoms with Crippen LogP contribution in [0.5, 0.6) is 17.2 Å². The molecule has 0 aliphatic carbocycles. The molecule has 7 nitrogen and oxygen atoms in total. The second-order valence-electron chi connectivity index (χ2n) is 7.53. The van der Waals surface area contributed by atoms with Gasteiger partial charge in [0.15, 0.2) is 16.6 Å². The molecule has 1 amide bonds. The Kier molecular flexibility index (Phi) is 7.29. The van der Waals surface area contributed by atoms with Crippen LogP contribution in [0.25, 0.3) is 16.8 Å². The minimum absolute atomic E-state index is 0.0786. The van der Waals surface area contributed by atoms with Gasteiger partial charge >= 0.3 is 0 Å². The van der Waals surface area contributed by atoms with Gasteiger partial charge in [0.2, 0.25) is 5.75 Å². The van der Waals surface area contributed by atoms with Gasteiger partial charge in [-0.25, -0.2) is 4.98 Å². The Balaban J connectivity index is 1.53. The lowest BCUT2D eigenvalue weighted by Crippen LogP contribution is -2.13. The molecule has 3 aromatic carbocycles. The molecule has 8 heteroatoms. The van der Waals surface area contributed by atoms with E-state index in [4.69, 9.17) is 14.2 Å². The number of nitriles is 1. The Morgan fingerprint density at radius 2 is 1.77 bits per heavy atom. The molecule has 0 spiro atoms. The zero-order chi connectivity index (χ0) is 24.8. The van der Waals surface area contributed by atoms with Crippen LogP contribution >= 0.6 is 11.3 Å². The molecule has 1 aromatic heterocycles. The largest absolute Gasteiger partial charge is 0.493 e. The van der Waals surface area contributed by atoms with Gasteiger partial charge in [0, 0.05) is 17.5 Å². The summed E-state index contributed by atoms with van der Waals surface area (Å²) >= 11 is 1.38. The maximum atomic E-state index is 12.8. The van der Waals surface area contributed by atoms with E-state index in [0.717, 1.165) is 4.88 Å². The number of anilines is 1. The fourth-order valence-electron chi connectivity index (χ4n) is 3.75. The lowest BCUT2D eigenvalue weighted by Gasteiger charge is -2.13. The Labute approximate surface area is 207 Å². The number of nitrogens with zero attached hydrogens (tertiary/aromatic N) is 2. The van der Waals surface area contributed by atoms with E-state index in [0.29, 0.717) is 34.4 Å². The molecule has 0 aliphatic rings. The minimum Gasteiger partial charge on any atom is -0.493 e. The van der Waals surface area contributed by atoms with Crippen LogP contribution in [-0.4, -0.2) is 32.2 Å². The fraction of sp³-hybridized carbons (Fsp3) is 0.148. The van der Waals surface area contributed by atoms with Crippen LogP contribution in [0.15, 0.2) is 66.4 Å². The van der Waals surface area contributed by atoms with E-state index >= 15 is 0 Å². The molecule has 176 valence electrons. The van der Waals surface area contributed by atoms with E-state index in [9.17, 15) is 10.1 Å².